The van der Waals surface area contributed by atoms with Crippen LogP contribution in [0.2, 0.25) is 0 Å². The molecular formula is C22H26N4O3. The van der Waals surface area contributed by atoms with E-state index in [1.807, 2.05) is 6.07 Å². The molecule has 0 spiro atoms. The summed E-state index contributed by atoms with van der Waals surface area (Å²) in [7, 11) is 0. The second-order valence-electron chi connectivity index (χ2n) is 9.05. The third kappa shape index (κ3) is 2.87. The number of hydrogen-bond acceptors (Lipinski definition) is 5. The molecule has 0 bridgehead atoms. The number of pyridine rings is 1. The summed E-state index contributed by atoms with van der Waals surface area (Å²) in [6, 6.07) is 12.3. The highest BCUT2D eigenvalue weighted by molar-refractivity contribution is 5.63. The first-order valence-corrected chi connectivity index (χ1v) is 10.4. The molecule has 1 saturated carbocycles. The van der Waals surface area contributed by atoms with Crippen molar-refractivity contribution in [2.24, 2.45) is 10.8 Å². The van der Waals surface area contributed by atoms with E-state index in [2.05, 4.69) is 39.0 Å². The lowest BCUT2D eigenvalue weighted by molar-refractivity contribution is -0.385. The number of aromatic amines is 1. The van der Waals surface area contributed by atoms with Gasteiger partial charge in [0.1, 0.15) is 5.69 Å². The number of likely N-dealkylation sites (tertiary alicyclic amines) is 1. The molecule has 152 valence electrons. The van der Waals surface area contributed by atoms with Crippen LogP contribution in [0.1, 0.15) is 31.2 Å². The summed E-state index contributed by atoms with van der Waals surface area (Å²) in [5.74, 6) is 0. The number of rotatable bonds is 4. The SMILES string of the molecule is O=c1[nH]ccc(N2CC34CCCCC3(CN(Cc3ccccc3)C4)C2)c1[N+](=O)[O-]. The zero-order valence-electron chi connectivity index (χ0n) is 16.5. The maximum Gasteiger partial charge on any atom is 0.356 e. The molecule has 1 aliphatic carbocycles. The van der Waals surface area contributed by atoms with Crippen molar-refractivity contribution in [3.05, 3.63) is 68.6 Å². The normalized spacial score (nSPS) is 28.9. The molecule has 29 heavy (non-hydrogen) atoms. The van der Waals surface area contributed by atoms with Gasteiger partial charge in [0.25, 0.3) is 0 Å². The number of nitrogens with one attached hydrogen (secondary N) is 1. The molecule has 1 aromatic carbocycles. The van der Waals surface area contributed by atoms with E-state index in [4.69, 9.17) is 0 Å². The van der Waals surface area contributed by atoms with Crippen molar-refractivity contribution in [2.75, 3.05) is 31.1 Å². The Bertz CT molecular complexity index is 967. The summed E-state index contributed by atoms with van der Waals surface area (Å²) in [5, 5.41) is 11.6. The summed E-state index contributed by atoms with van der Waals surface area (Å²) in [5.41, 5.74) is 1.17. The first-order valence-electron chi connectivity index (χ1n) is 10.4. The lowest BCUT2D eigenvalue weighted by Crippen LogP contribution is -2.42. The summed E-state index contributed by atoms with van der Waals surface area (Å²) in [4.78, 5) is 30.3. The van der Waals surface area contributed by atoms with Gasteiger partial charge in [-0.25, -0.2) is 0 Å². The Morgan fingerprint density at radius 2 is 1.66 bits per heavy atom. The molecule has 2 saturated heterocycles. The van der Waals surface area contributed by atoms with Gasteiger partial charge in [-0.3, -0.25) is 19.8 Å². The maximum absolute atomic E-state index is 12.1. The average Bonchev–Trinajstić information content (AvgIpc) is 3.18. The Morgan fingerprint density at radius 3 is 2.28 bits per heavy atom. The van der Waals surface area contributed by atoms with Crippen LogP contribution >= 0.6 is 0 Å². The minimum atomic E-state index is -0.617. The molecule has 1 aromatic heterocycles. The van der Waals surface area contributed by atoms with Crippen LogP contribution in [0, 0.1) is 20.9 Å². The number of H-pyrrole nitrogens is 1. The molecule has 3 aliphatic rings. The topological polar surface area (TPSA) is 82.5 Å². The Hall–Kier alpha value is -2.67. The first kappa shape index (κ1) is 18.4. The molecule has 5 rings (SSSR count). The highest BCUT2D eigenvalue weighted by Gasteiger charge is 2.63. The van der Waals surface area contributed by atoms with Crippen molar-refractivity contribution in [2.45, 2.75) is 32.2 Å². The molecular weight excluding hydrogens is 368 g/mol. The second kappa shape index (κ2) is 6.69. The van der Waals surface area contributed by atoms with Crippen LogP contribution in [0.15, 0.2) is 47.4 Å². The minimum absolute atomic E-state index is 0.149. The van der Waals surface area contributed by atoms with E-state index in [0.717, 1.165) is 45.6 Å². The first-order chi connectivity index (χ1) is 14.0. The fourth-order valence-electron chi connectivity index (χ4n) is 6.26. The molecule has 2 unspecified atom stereocenters. The van der Waals surface area contributed by atoms with Crippen LogP contribution in [0.5, 0.6) is 0 Å². The fourth-order valence-corrected chi connectivity index (χ4v) is 6.26. The van der Waals surface area contributed by atoms with E-state index in [-0.39, 0.29) is 16.5 Å². The van der Waals surface area contributed by atoms with Crippen LogP contribution in [0.4, 0.5) is 11.4 Å². The van der Waals surface area contributed by atoms with Crippen molar-refractivity contribution < 1.29 is 4.92 Å². The molecule has 0 radical (unpaired) electrons. The molecule has 0 amide bonds. The number of hydrogen-bond donors (Lipinski definition) is 1. The summed E-state index contributed by atoms with van der Waals surface area (Å²) in [6.07, 6.45) is 6.27. The van der Waals surface area contributed by atoms with Gasteiger partial charge in [-0.2, -0.15) is 0 Å². The van der Waals surface area contributed by atoms with Crippen molar-refractivity contribution in [1.29, 1.82) is 0 Å². The van der Waals surface area contributed by atoms with Crippen LogP contribution in [0.3, 0.4) is 0 Å². The molecule has 3 fully saturated rings. The molecule has 7 heteroatoms. The van der Waals surface area contributed by atoms with Gasteiger partial charge in [0.2, 0.25) is 0 Å². The van der Waals surface area contributed by atoms with Crippen molar-refractivity contribution in [3.63, 3.8) is 0 Å². The van der Waals surface area contributed by atoms with E-state index in [1.165, 1.54) is 24.6 Å². The van der Waals surface area contributed by atoms with Gasteiger partial charge in [0.15, 0.2) is 0 Å². The van der Waals surface area contributed by atoms with Crippen molar-refractivity contribution >= 4 is 11.4 Å². The molecule has 3 heterocycles. The third-order valence-corrected chi connectivity index (χ3v) is 7.41. The largest absolute Gasteiger partial charge is 0.365 e. The predicted molar refractivity (Wildman–Crippen MR) is 111 cm³/mol. The predicted octanol–water partition coefficient (Wildman–Crippen LogP) is 3.17. The summed E-state index contributed by atoms with van der Waals surface area (Å²) in [6.45, 7) is 4.59. The summed E-state index contributed by atoms with van der Waals surface area (Å²) >= 11 is 0. The lowest BCUT2D eigenvalue weighted by atomic mass is 9.60. The Balaban J connectivity index is 1.46. The van der Waals surface area contributed by atoms with Gasteiger partial charge in [0.05, 0.1) is 4.92 Å². The van der Waals surface area contributed by atoms with E-state index < -0.39 is 10.5 Å². The molecule has 7 nitrogen and oxygen atoms in total. The monoisotopic (exact) mass is 394 g/mol. The average molecular weight is 394 g/mol. The molecule has 2 atom stereocenters. The molecule has 2 aliphatic heterocycles. The van der Waals surface area contributed by atoms with Crippen LogP contribution in [0.25, 0.3) is 0 Å². The quantitative estimate of drug-likeness (QED) is 0.636. The minimum Gasteiger partial charge on any atom is -0.365 e. The number of anilines is 1. The zero-order chi connectivity index (χ0) is 20.1. The van der Waals surface area contributed by atoms with Gasteiger partial charge in [0, 0.05) is 49.8 Å². The highest BCUT2D eigenvalue weighted by atomic mass is 16.6. The van der Waals surface area contributed by atoms with E-state index in [9.17, 15) is 14.9 Å². The van der Waals surface area contributed by atoms with E-state index >= 15 is 0 Å². The van der Waals surface area contributed by atoms with Gasteiger partial charge >= 0.3 is 11.2 Å². The highest BCUT2D eigenvalue weighted by Crippen LogP contribution is 2.60. The number of aromatic nitrogens is 1. The van der Waals surface area contributed by atoms with E-state index in [0.29, 0.717) is 5.69 Å². The molecule has 1 N–H and O–H groups in total. The summed E-state index contributed by atoms with van der Waals surface area (Å²) < 4.78 is 0. The van der Waals surface area contributed by atoms with Gasteiger partial charge in [-0.1, -0.05) is 43.2 Å². The Morgan fingerprint density at radius 1 is 1.00 bits per heavy atom. The fraction of sp³-hybridized carbons (Fsp3) is 0.500. The van der Waals surface area contributed by atoms with Crippen molar-refractivity contribution in [3.8, 4) is 0 Å². The van der Waals surface area contributed by atoms with Gasteiger partial charge in [-0.05, 0) is 24.5 Å². The van der Waals surface area contributed by atoms with Crippen LogP contribution in [-0.2, 0) is 6.54 Å². The van der Waals surface area contributed by atoms with Crippen molar-refractivity contribution in [1.82, 2.24) is 9.88 Å². The maximum atomic E-state index is 12.1. The Labute approximate surface area is 169 Å². The Kier molecular flexibility index (Phi) is 4.24. The smallest absolute Gasteiger partial charge is 0.356 e. The lowest BCUT2D eigenvalue weighted by Gasteiger charge is -2.42. The second-order valence-corrected chi connectivity index (χ2v) is 9.05. The van der Waals surface area contributed by atoms with Gasteiger partial charge in [-0.15, -0.1) is 0 Å². The standard InChI is InChI=1S/C22H26N4O3/c27-20-19(26(28)29)18(8-11-23-20)25-15-21-9-4-5-10-22(21,16-25)14-24(13-21)12-17-6-2-1-3-7-17/h1-3,6-8,11H,4-5,9-10,12-16H2,(H,23,27). The molecule has 2 aromatic rings. The number of nitro groups is 1. The number of benzene rings is 1. The third-order valence-electron chi connectivity index (χ3n) is 7.41. The number of nitrogens with zero attached hydrogens (tertiary/aromatic N) is 3. The zero-order valence-corrected chi connectivity index (χ0v) is 16.5. The van der Waals surface area contributed by atoms with Crippen LogP contribution in [-0.4, -0.2) is 41.0 Å². The van der Waals surface area contributed by atoms with E-state index in [1.54, 1.807) is 6.07 Å². The van der Waals surface area contributed by atoms with Crippen LogP contribution < -0.4 is 10.5 Å². The van der Waals surface area contributed by atoms with Gasteiger partial charge < -0.3 is 9.88 Å².